The molecule has 0 amide bonds. The molecule has 0 spiro atoms. The van der Waals surface area contributed by atoms with E-state index in [0.717, 1.165) is 22.9 Å². The highest BCUT2D eigenvalue weighted by Crippen LogP contribution is 2.19. The normalized spacial score (nSPS) is 13.7. The Morgan fingerprint density at radius 3 is 2.72 bits per heavy atom. The molecule has 5 nitrogen and oxygen atoms in total. The summed E-state index contributed by atoms with van der Waals surface area (Å²) in [6.45, 7) is 4.63. The second kappa shape index (κ2) is 7.18. The fourth-order valence-electron chi connectivity index (χ4n) is 1.54. The lowest BCUT2D eigenvalue weighted by Gasteiger charge is -2.11. The van der Waals surface area contributed by atoms with Gasteiger partial charge in [0.1, 0.15) is 5.01 Å². The van der Waals surface area contributed by atoms with Crippen molar-refractivity contribution in [2.75, 3.05) is 19.3 Å². The Morgan fingerprint density at radius 1 is 1.44 bits per heavy atom. The lowest BCUT2D eigenvalue weighted by atomic mass is 10.3. The monoisotopic (exact) mass is 291 g/mol. The Labute approximate surface area is 113 Å². The summed E-state index contributed by atoms with van der Waals surface area (Å²) in [5, 5.41) is 3.81. The summed E-state index contributed by atoms with van der Waals surface area (Å²) >= 11 is 1.52. The fraction of sp³-hybridized carbons (Fsp3) is 0.727. The second-order valence-corrected chi connectivity index (χ2v) is 7.42. The van der Waals surface area contributed by atoms with Gasteiger partial charge in [-0.2, -0.15) is 0 Å². The van der Waals surface area contributed by atoms with Crippen molar-refractivity contribution in [3.63, 3.8) is 0 Å². The van der Waals surface area contributed by atoms with E-state index in [4.69, 9.17) is 0 Å². The molecule has 0 saturated carbocycles. The zero-order valence-corrected chi connectivity index (χ0v) is 12.7. The van der Waals surface area contributed by atoms with Gasteiger partial charge in [0.25, 0.3) is 0 Å². The van der Waals surface area contributed by atoms with E-state index in [1.165, 1.54) is 11.3 Å². The molecule has 0 radical (unpaired) electrons. The van der Waals surface area contributed by atoms with Crippen molar-refractivity contribution in [3.05, 3.63) is 16.1 Å². The molecule has 0 aliphatic rings. The molecule has 0 aliphatic heterocycles. The van der Waals surface area contributed by atoms with E-state index in [-0.39, 0.29) is 11.8 Å². The maximum atomic E-state index is 11.8. The molecule has 1 rings (SSSR count). The molecule has 104 valence electrons. The topological polar surface area (TPSA) is 71.1 Å². The van der Waals surface area contributed by atoms with E-state index >= 15 is 0 Å². The fourth-order valence-corrected chi connectivity index (χ4v) is 3.75. The largest absolute Gasteiger partial charge is 0.320 e. The number of unbranched alkanes of at least 4 members (excludes halogenated alkanes) is 1. The third-order valence-corrected chi connectivity index (χ3v) is 5.09. The van der Waals surface area contributed by atoms with Gasteiger partial charge >= 0.3 is 0 Å². The van der Waals surface area contributed by atoms with Gasteiger partial charge in [0, 0.05) is 11.1 Å². The van der Waals surface area contributed by atoms with Gasteiger partial charge < -0.3 is 5.32 Å². The summed E-state index contributed by atoms with van der Waals surface area (Å²) in [5.41, 5.74) is 0. The van der Waals surface area contributed by atoms with Crippen LogP contribution in [0.1, 0.15) is 35.7 Å². The van der Waals surface area contributed by atoms with Crippen molar-refractivity contribution in [1.82, 2.24) is 15.0 Å². The summed E-state index contributed by atoms with van der Waals surface area (Å²) < 4.78 is 26.3. The van der Waals surface area contributed by atoms with Crippen LogP contribution in [0.15, 0.2) is 6.20 Å². The number of sulfonamides is 1. The number of aryl methyl sites for hydroxylation is 1. The molecule has 1 heterocycles. The van der Waals surface area contributed by atoms with Crippen LogP contribution in [0.4, 0.5) is 0 Å². The first kappa shape index (κ1) is 15.6. The van der Waals surface area contributed by atoms with Crippen molar-refractivity contribution < 1.29 is 8.42 Å². The minimum Gasteiger partial charge on any atom is -0.320 e. The van der Waals surface area contributed by atoms with E-state index < -0.39 is 10.0 Å². The summed E-state index contributed by atoms with van der Waals surface area (Å²) in [4.78, 5) is 5.28. The Balaban J connectivity index is 2.44. The number of aromatic nitrogens is 1. The van der Waals surface area contributed by atoms with Gasteiger partial charge in [0.05, 0.1) is 11.8 Å². The van der Waals surface area contributed by atoms with Crippen LogP contribution in [0.5, 0.6) is 0 Å². The Kier molecular flexibility index (Phi) is 6.20. The predicted octanol–water partition coefficient (Wildman–Crippen LogP) is 1.43. The highest BCUT2D eigenvalue weighted by Gasteiger charge is 2.17. The molecular weight excluding hydrogens is 270 g/mol. The molecule has 1 atom stereocenters. The van der Waals surface area contributed by atoms with Gasteiger partial charge in [-0.15, -0.1) is 11.3 Å². The van der Waals surface area contributed by atoms with Crippen molar-refractivity contribution >= 4 is 21.4 Å². The summed E-state index contributed by atoms with van der Waals surface area (Å²) in [5.74, 6) is 0.170. The third-order valence-electron chi connectivity index (χ3n) is 2.46. The summed E-state index contributed by atoms with van der Waals surface area (Å²) in [6.07, 6.45) is 3.29. The quantitative estimate of drug-likeness (QED) is 0.711. The summed E-state index contributed by atoms with van der Waals surface area (Å²) in [6, 6.07) is -0.252. The third kappa shape index (κ3) is 5.43. The van der Waals surface area contributed by atoms with Crippen LogP contribution in [0.3, 0.4) is 0 Å². The van der Waals surface area contributed by atoms with Crippen LogP contribution in [0, 0.1) is 6.92 Å². The van der Waals surface area contributed by atoms with Crippen LogP contribution in [0.25, 0.3) is 0 Å². The van der Waals surface area contributed by atoms with E-state index in [1.54, 1.807) is 6.20 Å². The Morgan fingerprint density at radius 2 is 2.17 bits per heavy atom. The molecule has 0 fully saturated rings. The minimum atomic E-state index is -3.21. The highest BCUT2D eigenvalue weighted by molar-refractivity contribution is 7.89. The van der Waals surface area contributed by atoms with Crippen LogP contribution < -0.4 is 10.0 Å². The van der Waals surface area contributed by atoms with Gasteiger partial charge in [-0.1, -0.05) is 0 Å². The van der Waals surface area contributed by atoms with Crippen LogP contribution in [0.2, 0.25) is 0 Å². The van der Waals surface area contributed by atoms with Crippen LogP contribution >= 0.6 is 11.3 Å². The lowest BCUT2D eigenvalue weighted by Crippen LogP contribution is -2.29. The van der Waals surface area contributed by atoms with Gasteiger partial charge in [0.15, 0.2) is 0 Å². The first-order valence-corrected chi connectivity index (χ1v) is 8.48. The standard InChI is InChI=1S/C11H21N3O2S2/c1-9-8-13-11(17-9)10(2)14-18(15,16)7-5-4-6-12-3/h8,10,12,14H,4-7H2,1-3H3. The molecule has 2 N–H and O–H groups in total. The smallest absolute Gasteiger partial charge is 0.212 e. The van der Waals surface area contributed by atoms with Gasteiger partial charge in [0.2, 0.25) is 10.0 Å². The van der Waals surface area contributed by atoms with E-state index in [9.17, 15) is 8.42 Å². The van der Waals surface area contributed by atoms with Gasteiger partial charge in [-0.3, -0.25) is 0 Å². The van der Waals surface area contributed by atoms with E-state index in [1.807, 2.05) is 20.9 Å². The number of thiazole rings is 1. The number of hydrogen-bond donors (Lipinski definition) is 2. The lowest BCUT2D eigenvalue weighted by molar-refractivity contribution is 0.561. The first-order valence-electron chi connectivity index (χ1n) is 6.01. The Hall–Kier alpha value is -0.500. The predicted molar refractivity (Wildman–Crippen MR) is 75.3 cm³/mol. The maximum absolute atomic E-state index is 11.8. The van der Waals surface area contributed by atoms with Crippen molar-refractivity contribution in [1.29, 1.82) is 0 Å². The van der Waals surface area contributed by atoms with Crippen LogP contribution in [-0.4, -0.2) is 32.7 Å². The number of hydrogen-bond acceptors (Lipinski definition) is 5. The molecule has 1 unspecified atom stereocenters. The van der Waals surface area contributed by atoms with Crippen LogP contribution in [-0.2, 0) is 10.0 Å². The molecule has 18 heavy (non-hydrogen) atoms. The minimum absolute atomic E-state index is 0.170. The zero-order valence-electron chi connectivity index (χ0n) is 11.1. The van der Waals surface area contributed by atoms with Crippen molar-refractivity contribution in [2.24, 2.45) is 0 Å². The van der Waals surface area contributed by atoms with E-state index in [2.05, 4.69) is 15.0 Å². The van der Waals surface area contributed by atoms with Crippen molar-refractivity contribution in [2.45, 2.75) is 32.7 Å². The van der Waals surface area contributed by atoms with Crippen molar-refractivity contribution in [3.8, 4) is 0 Å². The molecule has 7 heteroatoms. The number of nitrogens with zero attached hydrogens (tertiary/aromatic N) is 1. The molecule has 1 aromatic heterocycles. The maximum Gasteiger partial charge on any atom is 0.212 e. The van der Waals surface area contributed by atoms with Gasteiger partial charge in [-0.05, 0) is 40.3 Å². The molecule has 0 aliphatic carbocycles. The molecule has 1 aromatic rings. The molecule has 0 saturated heterocycles. The number of rotatable bonds is 8. The highest BCUT2D eigenvalue weighted by atomic mass is 32.2. The molecular formula is C11H21N3O2S2. The molecule has 0 aromatic carbocycles. The SMILES string of the molecule is CNCCCCS(=O)(=O)NC(C)c1ncc(C)s1. The Bertz CT molecular complexity index is 457. The number of nitrogens with one attached hydrogen (secondary N) is 2. The zero-order chi connectivity index (χ0) is 13.6. The first-order chi connectivity index (χ1) is 8.44. The summed E-state index contributed by atoms with van der Waals surface area (Å²) in [7, 11) is -1.35. The van der Waals surface area contributed by atoms with Gasteiger partial charge in [-0.25, -0.2) is 18.1 Å². The van der Waals surface area contributed by atoms with E-state index in [0.29, 0.717) is 6.42 Å². The molecule has 0 bridgehead atoms. The second-order valence-electron chi connectivity index (χ2n) is 4.28. The average molecular weight is 291 g/mol. The average Bonchev–Trinajstić information content (AvgIpc) is 2.71.